The number of carboxylic acids is 2. The van der Waals surface area contributed by atoms with Crippen LogP contribution in [-0.2, 0) is 15.0 Å². The maximum atomic E-state index is 13.6. The molecule has 1 saturated carbocycles. The molecular weight excluding hydrogens is 575 g/mol. The van der Waals surface area contributed by atoms with Gasteiger partial charge in [0.15, 0.2) is 18.1 Å². The van der Waals surface area contributed by atoms with Gasteiger partial charge in [0.25, 0.3) is 0 Å². The van der Waals surface area contributed by atoms with Crippen molar-refractivity contribution in [3.8, 4) is 28.7 Å². The molecule has 0 saturated heterocycles. The van der Waals surface area contributed by atoms with Crippen molar-refractivity contribution < 1.29 is 73.0 Å². The summed E-state index contributed by atoms with van der Waals surface area (Å²) in [6.07, 6.45) is 4.50. The molecule has 1 heterocycles. The minimum absolute atomic E-state index is 0. The van der Waals surface area contributed by atoms with E-state index in [1.165, 1.54) is 7.11 Å². The molecule has 226 valence electrons. The number of rotatable bonds is 11. The maximum Gasteiger partial charge on any atom is 1.00 e. The van der Waals surface area contributed by atoms with Gasteiger partial charge in [0, 0.05) is 34.8 Å². The zero-order valence-corrected chi connectivity index (χ0v) is 27.3. The Kier molecular flexibility index (Phi) is 9.68. The van der Waals surface area contributed by atoms with E-state index in [0.717, 1.165) is 48.8 Å². The third kappa shape index (κ3) is 5.50. The van der Waals surface area contributed by atoms with Crippen LogP contribution in [0, 0.1) is 11.8 Å². The molecule has 3 aromatic rings. The van der Waals surface area contributed by atoms with E-state index in [0.29, 0.717) is 35.2 Å². The van der Waals surface area contributed by atoms with Gasteiger partial charge in [0.1, 0.15) is 17.2 Å². The van der Waals surface area contributed by atoms with Gasteiger partial charge in [-0.1, -0.05) is 38.0 Å². The van der Waals surface area contributed by atoms with Crippen molar-refractivity contribution in [3.63, 3.8) is 0 Å². The Bertz CT molecular complexity index is 1530. The fourth-order valence-electron chi connectivity index (χ4n) is 7.51. The molecule has 0 radical (unpaired) electrons. The van der Waals surface area contributed by atoms with Crippen molar-refractivity contribution in [3.05, 3.63) is 76.9 Å². The smallest absolute Gasteiger partial charge is 0.550 e. The predicted molar refractivity (Wildman–Crippen MR) is 154 cm³/mol. The normalized spacial score (nSPS) is 21.8. The van der Waals surface area contributed by atoms with Crippen molar-refractivity contribution in [1.29, 1.82) is 0 Å². The van der Waals surface area contributed by atoms with E-state index < -0.39 is 35.8 Å². The number of ether oxygens (including phenoxy) is 5. The number of aliphatic carboxylic acids is 2. The number of carbonyl (C=O) groups excluding carboxylic acids is 1. The van der Waals surface area contributed by atoms with Crippen LogP contribution in [0.1, 0.15) is 67.2 Å². The fraction of sp³-hybridized carbons (Fsp3) is 0.412. The van der Waals surface area contributed by atoms with Gasteiger partial charge in [0.05, 0.1) is 13.7 Å². The van der Waals surface area contributed by atoms with Gasteiger partial charge >= 0.3 is 35.5 Å². The average molecular weight is 611 g/mol. The molecule has 0 bridgehead atoms. The average Bonchev–Trinajstić information content (AvgIpc) is 3.77. The largest absolute Gasteiger partial charge is 1.00 e. The first-order chi connectivity index (χ1) is 20.9. The summed E-state index contributed by atoms with van der Waals surface area (Å²) in [6.45, 7) is 2.05. The minimum atomic E-state index is -1.19. The number of hydrogen-bond acceptors (Lipinski definition) is 8. The standard InChI is InChI=1S/C34H36O9.Na/c1-3-14-40-23-10-12-26-25(16-23)31(24-11-9-22(39-2)17-28(24)41-18-30(35)36)32(33(37)38)34(26,20-6-4-5-7-20)21-8-13-27-29(15-21)43-19-42-27;/h8-13,15-17,20,31-32H,3-7,14,18-19H2,1-2H3,(H,35,36)(H,37,38);/q;+1/p-1/t31-,32+,34+;/m1./s1. The van der Waals surface area contributed by atoms with Gasteiger partial charge in [-0.05, 0) is 72.2 Å². The molecule has 3 aromatic carbocycles. The van der Waals surface area contributed by atoms with Gasteiger partial charge < -0.3 is 38.7 Å². The fourth-order valence-corrected chi connectivity index (χ4v) is 7.51. The molecule has 3 atom stereocenters. The SMILES string of the molecule is CCCOc1ccc2c(c1)[C@@H](c1ccc(OC)cc1OCC(=O)O)[C@@H](C(=O)[O-])[C@]2(c1ccc2c(c1)OCO2)C1CCCC1.[Na+]. The van der Waals surface area contributed by atoms with Crippen LogP contribution in [0.3, 0.4) is 0 Å². The molecular formula is C34H35NaO9. The molecule has 1 N–H and O–H groups in total. The van der Waals surface area contributed by atoms with E-state index in [1.807, 2.05) is 43.3 Å². The predicted octanol–water partition coefficient (Wildman–Crippen LogP) is 1.67. The van der Waals surface area contributed by atoms with Crippen molar-refractivity contribution in [2.45, 2.75) is 50.4 Å². The molecule has 0 aromatic heterocycles. The summed E-state index contributed by atoms with van der Waals surface area (Å²) < 4.78 is 28.6. The Labute approximate surface area is 278 Å². The van der Waals surface area contributed by atoms with Crippen molar-refractivity contribution in [2.24, 2.45) is 11.8 Å². The quantitative estimate of drug-likeness (QED) is 0.323. The Hall–Kier alpha value is -3.40. The molecule has 2 aliphatic carbocycles. The summed E-state index contributed by atoms with van der Waals surface area (Å²) >= 11 is 0. The first kappa shape index (κ1) is 32.0. The van der Waals surface area contributed by atoms with E-state index >= 15 is 0 Å². The number of fused-ring (bicyclic) bond motifs is 2. The van der Waals surface area contributed by atoms with Crippen LogP contribution in [0.4, 0.5) is 0 Å². The van der Waals surface area contributed by atoms with Crippen LogP contribution in [0.5, 0.6) is 28.7 Å². The monoisotopic (exact) mass is 610 g/mol. The Balaban J connectivity index is 0.00000384. The van der Waals surface area contributed by atoms with Crippen molar-refractivity contribution in [1.82, 2.24) is 0 Å². The van der Waals surface area contributed by atoms with Crippen LogP contribution < -0.4 is 58.3 Å². The third-order valence-electron chi connectivity index (χ3n) is 9.11. The summed E-state index contributed by atoms with van der Waals surface area (Å²) in [5, 5.41) is 23.1. The van der Waals surface area contributed by atoms with Crippen LogP contribution >= 0.6 is 0 Å². The number of hydrogen-bond donors (Lipinski definition) is 1. The second-order valence-electron chi connectivity index (χ2n) is 11.4. The van der Waals surface area contributed by atoms with Crippen LogP contribution in [0.2, 0.25) is 0 Å². The number of methoxy groups -OCH3 is 1. The third-order valence-corrected chi connectivity index (χ3v) is 9.11. The summed E-state index contributed by atoms with van der Waals surface area (Å²) in [5.74, 6) is -1.57. The van der Waals surface area contributed by atoms with Crippen LogP contribution in [0.25, 0.3) is 0 Å². The molecule has 0 unspecified atom stereocenters. The van der Waals surface area contributed by atoms with Crippen molar-refractivity contribution >= 4 is 11.9 Å². The molecule has 3 aliphatic rings. The molecule has 1 aliphatic heterocycles. The van der Waals surface area contributed by atoms with E-state index in [9.17, 15) is 19.8 Å². The molecule has 1 fully saturated rings. The van der Waals surface area contributed by atoms with Gasteiger partial charge in [-0.2, -0.15) is 0 Å². The van der Waals surface area contributed by atoms with Crippen LogP contribution in [0.15, 0.2) is 54.6 Å². The Morgan fingerprint density at radius 2 is 1.70 bits per heavy atom. The molecule has 10 heteroatoms. The zero-order valence-electron chi connectivity index (χ0n) is 25.3. The number of carboxylic acid groups (broad SMARTS) is 2. The van der Waals surface area contributed by atoms with Gasteiger partial charge in [0.2, 0.25) is 6.79 Å². The topological polar surface area (TPSA) is 124 Å². The van der Waals surface area contributed by atoms with Crippen LogP contribution in [-0.4, -0.2) is 44.2 Å². The van der Waals surface area contributed by atoms with Gasteiger partial charge in [-0.3, -0.25) is 0 Å². The molecule has 44 heavy (non-hydrogen) atoms. The van der Waals surface area contributed by atoms with E-state index in [-0.39, 0.29) is 48.0 Å². The summed E-state index contributed by atoms with van der Waals surface area (Å²) in [6, 6.07) is 16.7. The first-order valence-corrected chi connectivity index (χ1v) is 14.8. The molecule has 0 amide bonds. The van der Waals surface area contributed by atoms with E-state index in [1.54, 1.807) is 18.2 Å². The Morgan fingerprint density at radius 1 is 0.955 bits per heavy atom. The summed E-state index contributed by atoms with van der Waals surface area (Å²) in [4.78, 5) is 25.2. The van der Waals surface area contributed by atoms with Gasteiger partial charge in [-0.25, -0.2) is 4.79 Å². The molecule has 0 spiro atoms. The maximum absolute atomic E-state index is 13.6. The Morgan fingerprint density at radius 3 is 2.41 bits per heavy atom. The van der Waals surface area contributed by atoms with Gasteiger partial charge in [-0.15, -0.1) is 0 Å². The molecule has 6 rings (SSSR count). The second-order valence-corrected chi connectivity index (χ2v) is 11.4. The first-order valence-electron chi connectivity index (χ1n) is 14.8. The van der Waals surface area contributed by atoms with E-state index in [4.69, 9.17) is 23.7 Å². The molecule has 9 nitrogen and oxygen atoms in total. The zero-order chi connectivity index (χ0) is 30.1. The summed E-state index contributed by atoms with van der Waals surface area (Å²) in [7, 11) is 1.51. The minimum Gasteiger partial charge on any atom is -0.550 e. The van der Waals surface area contributed by atoms with E-state index in [2.05, 4.69) is 0 Å². The summed E-state index contributed by atoms with van der Waals surface area (Å²) in [5.41, 5.74) is 2.08. The number of carbonyl (C=O) groups is 2. The number of benzene rings is 3. The second kappa shape index (κ2) is 13.3. The van der Waals surface area contributed by atoms with Crippen molar-refractivity contribution in [2.75, 3.05) is 27.1 Å².